The molecule has 0 saturated carbocycles. The van der Waals surface area contributed by atoms with E-state index in [0.717, 1.165) is 4.47 Å². The Morgan fingerprint density at radius 2 is 2.06 bits per heavy atom. The maximum Gasteiger partial charge on any atom is 0.346 e. The molecule has 8 nitrogen and oxygen atoms in total. The van der Waals surface area contributed by atoms with Gasteiger partial charge in [0.05, 0.1) is 34.9 Å². The van der Waals surface area contributed by atoms with Crippen LogP contribution in [0.15, 0.2) is 44.7 Å². The van der Waals surface area contributed by atoms with Crippen LogP contribution >= 0.6 is 38.5 Å². The molecule has 0 fully saturated rings. The summed E-state index contributed by atoms with van der Waals surface area (Å²) in [7, 11) is 2.81. The molecule has 168 valence electrons. The van der Waals surface area contributed by atoms with E-state index in [1.54, 1.807) is 31.3 Å². The van der Waals surface area contributed by atoms with Crippen molar-refractivity contribution in [3.05, 3.63) is 60.1 Å². The van der Waals surface area contributed by atoms with E-state index in [2.05, 4.69) is 48.6 Å². The number of hydrogen-bond donors (Lipinski definition) is 0. The number of esters is 1. The molecule has 0 unspecified atom stereocenters. The Labute approximate surface area is 206 Å². The van der Waals surface area contributed by atoms with E-state index in [1.165, 1.54) is 18.9 Å². The summed E-state index contributed by atoms with van der Waals surface area (Å²) < 4.78 is 18.7. The topological polar surface area (TPSA) is 92.0 Å². The smallest absolute Gasteiger partial charge is 0.346 e. The van der Waals surface area contributed by atoms with E-state index in [0.29, 0.717) is 43.8 Å². The van der Waals surface area contributed by atoms with Crippen LogP contribution in [0.1, 0.15) is 25.2 Å². The second kappa shape index (κ2) is 10.4. The van der Waals surface area contributed by atoms with Crippen LogP contribution < -0.4 is 15.0 Å². The van der Waals surface area contributed by atoms with Gasteiger partial charge in [-0.1, -0.05) is 22.9 Å². The van der Waals surface area contributed by atoms with Crippen molar-refractivity contribution >= 4 is 61.6 Å². The number of ether oxygens (including phenoxy) is 3. The number of methoxy groups -OCH3 is 2. The molecule has 0 saturated heterocycles. The van der Waals surface area contributed by atoms with Gasteiger partial charge in [-0.15, -0.1) is 0 Å². The normalized spacial score (nSPS) is 12.2. The molecule has 0 aliphatic rings. The molecule has 1 aromatic heterocycles. The number of halogens is 2. The first-order valence-electron chi connectivity index (χ1n) is 9.66. The minimum absolute atomic E-state index is 0.252. The lowest BCUT2D eigenvalue weighted by Crippen LogP contribution is -2.25. The highest BCUT2D eigenvalue weighted by molar-refractivity contribution is 14.1. The average molecular weight is 614 g/mol. The number of carbonyl (C=O) groups is 1. The summed E-state index contributed by atoms with van der Waals surface area (Å²) in [6, 6.07) is 8.91. The zero-order chi connectivity index (χ0) is 23.4. The number of carbonyl (C=O) groups excluding carboxylic acids is 1. The zero-order valence-corrected chi connectivity index (χ0v) is 21.6. The van der Waals surface area contributed by atoms with Crippen molar-refractivity contribution in [3.8, 4) is 11.5 Å². The molecule has 1 atom stereocenters. The maximum absolute atomic E-state index is 13.0. The largest absolute Gasteiger partial charge is 0.493 e. The molecule has 32 heavy (non-hydrogen) atoms. The first-order valence-corrected chi connectivity index (χ1v) is 11.5. The summed E-state index contributed by atoms with van der Waals surface area (Å²) in [5, 5.41) is 4.88. The van der Waals surface area contributed by atoms with Gasteiger partial charge in [-0.05, 0) is 65.4 Å². The fourth-order valence-electron chi connectivity index (χ4n) is 2.99. The summed E-state index contributed by atoms with van der Waals surface area (Å²) in [5.74, 6) is 0.912. The molecule has 0 N–H and O–H groups in total. The monoisotopic (exact) mass is 613 g/mol. The third-order valence-corrected chi connectivity index (χ3v) is 5.89. The van der Waals surface area contributed by atoms with E-state index in [9.17, 15) is 9.59 Å². The molecule has 3 aromatic rings. The van der Waals surface area contributed by atoms with Gasteiger partial charge < -0.3 is 14.2 Å². The minimum atomic E-state index is -0.796. The number of aryl methyl sites for hydroxylation is 1. The number of aromatic nitrogens is 2. The van der Waals surface area contributed by atoms with Crippen molar-refractivity contribution in [2.45, 2.75) is 26.4 Å². The summed E-state index contributed by atoms with van der Waals surface area (Å²) in [6.45, 7) is 3.51. The number of nitrogens with zero attached hydrogens (tertiary/aromatic N) is 3. The first-order chi connectivity index (χ1) is 15.3. The second-order valence-corrected chi connectivity index (χ2v) is 8.80. The van der Waals surface area contributed by atoms with Gasteiger partial charge >= 0.3 is 5.97 Å². The summed E-state index contributed by atoms with van der Waals surface area (Å²) in [6.07, 6.45) is 1.30. The molecule has 0 bridgehead atoms. The van der Waals surface area contributed by atoms with E-state index in [4.69, 9.17) is 14.2 Å². The van der Waals surface area contributed by atoms with Crippen molar-refractivity contribution in [2.24, 2.45) is 5.10 Å². The number of rotatable bonds is 7. The average Bonchev–Trinajstić information content (AvgIpc) is 2.79. The highest BCUT2D eigenvalue weighted by atomic mass is 127. The molecule has 0 amide bonds. The van der Waals surface area contributed by atoms with E-state index < -0.39 is 12.1 Å². The van der Waals surface area contributed by atoms with Gasteiger partial charge in [-0.25, -0.2) is 9.78 Å². The molecular formula is C22H21BrIN3O5. The lowest BCUT2D eigenvalue weighted by Gasteiger charge is -2.17. The first kappa shape index (κ1) is 24.2. The number of benzene rings is 2. The summed E-state index contributed by atoms with van der Waals surface area (Å²) >= 11 is 5.48. The Morgan fingerprint density at radius 1 is 1.31 bits per heavy atom. The van der Waals surface area contributed by atoms with Crippen molar-refractivity contribution in [1.82, 2.24) is 9.66 Å². The predicted octanol–water partition coefficient (Wildman–Crippen LogP) is 4.16. The lowest BCUT2D eigenvalue weighted by molar-refractivity contribution is -0.147. The van der Waals surface area contributed by atoms with Crippen molar-refractivity contribution in [3.63, 3.8) is 0 Å². The zero-order valence-electron chi connectivity index (χ0n) is 17.9. The fraction of sp³-hybridized carbons (Fsp3) is 0.273. The molecule has 2 aromatic carbocycles. The van der Waals surface area contributed by atoms with Crippen LogP contribution in [0.4, 0.5) is 0 Å². The van der Waals surface area contributed by atoms with Gasteiger partial charge in [0.1, 0.15) is 5.82 Å². The van der Waals surface area contributed by atoms with Gasteiger partial charge in [0.25, 0.3) is 5.56 Å². The molecule has 0 radical (unpaired) electrons. The van der Waals surface area contributed by atoms with E-state index in [1.807, 2.05) is 19.1 Å². The Balaban J connectivity index is 2.02. The molecule has 1 heterocycles. The Hall–Kier alpha value is -2.47. The van der Waals surface area contributed by atoms with Crippen LogP contribution in [0.2, 0.25) is 0 Å². The molecule has 3 rings (SSSR count). The summed E-state index contributed by atoms with van der Waals surface area (Å²) in [5.41, 5.74) is 1.06. The molecule has 0 aliphatic heterocycles. The Kier molecular flexibility index (Phi) is 7.88. The molecule has 0 spiro atoms. The molecular weight excluding hydrogens is 593 g/mol. The van der Waals surface area contributed by atoms with Gasteiger partial charge in [0.2, 0.25) is 0 Å². The van der Waals surface area contributed by atoms with Crippen LogP contribution in [0.3, 0.4) is 0 Å². The highest BCUT2D eigenvalue weighted by Gasteiger charge is 2.20. The third-order valence-electron chi connectivity index (χ3n) is 4.59. The maximum atomic E-state index is 13.0. The number of hydrogen-bond acceptors (Lipinski definition) is 7. The Bertz CT molecular complexity index is 1260. The lowest BCUT2D eigenvalue weighted by atomic mass is 10.2. The molecule has 0 aliphatic carbocycles. The standard InChI is InChI=1S/C22H21BrIN3O5/c1-5-19-26-17-7-6-14(23)10-15(17)21(28)27(19)25-11-13-8-16(24)20(18(9-13)30-3)32-12(2)22(29)31-4/h6-12H,5H2,1-4H3/t12-/m0/s1. The Morgan fingerprint density at radius 3 is 2.72 bits per heavy atom. The molecule has 10 heteroatoms. The number of fused-ring (bicyclic) bond motifs is 1. The predicted molar refractivity (Wildman–Crippen MR) is 134 cm³/mol. The van der Waals surface area contributed by atoms with Crippen LogP contribution in [-0.2, 0) is 16.0 Å². The van der Waals surface area contributed by atoms with E-state index in [-0.39, 0.29) is 5.56 Å². The minimum Gasteiger partial charge on any atom is -0.493 e. The van der Waals surface area contributed by atoms with Crippen molar-refractivity contribution in [1.29, 1.82) is 0 Å². The van der Waals surface area contributed by atoms with Crippen LogP contribution in [0.25, 0.3) is 10.9 Å². The van der Waals surface area contributed by atoms with Gasteiger partial charge in [-0.3, -0.25) is 4.79 Å². The van der Waals surface area contributed by atoms with Gasteiger partial charge in [-0.2, -0.15) is 9.78 Å². The van der Waals surface area contributed by atoms with Crippen LogP contribution in [0.5, 0.6) is 11.5 Å². The van der Waals surface area contributed by atoms with Crippen LogP contribution in [-0.4, -0.2) is 42.2 Å². The third kappa shape index (κ3) is 5.12. The van der Waals surface area contributed by atoms with Gasteiger partial charge in [0, 0.05) is 10.9 Å². The van der Waals surface area contributed by atoms with Gasteiger partial charge in [0.15, 0.2) is 17.6 Å². The second-order valence-electron chi connectivity index (χ2n) is 6.72. The van der Waals surface area contributed by atoms with Crippen molar-refractivity contribution in [2.75, 3.05) is 14.2 Å². The summed E-state index contributed by atoms with van der Waals surface area (Å²) in [4.78, 5) is 29.3. The fourth-order valence-corrected chi connectivity index (χ4v) is 4.10. The quantitative estimate of drug-likeness (QED) is 0.226. The van der Waals surface area contributed by atoms with Crippen LogP contribution in [0, 0.1) is 3.57 Å². The van der Waals surface area contributed by atoms with Crippen molar-refractivity contribution < 1.29 is 19.0 Å². The highest BCUT2D eigenvalue weighted by Crippen LogP contribution is 2.34. The SMILES string of the molecule is CCc1nc2ccc(Br)cc2c(=O)n1N=Cc1cc(I)c(O[C@@H](C)C(=O)OC)c(OC)c1. The van der Waals surface area contributed by atoms with E-state index >= 15 is 0 Å².